The van der Waals surface area contributed by atoms with Crippen LogP contribution in [0.15, 0.2) is 6.20 Å². The van der Waals surface area contributed by atoms with E-state index in [1.54, 1.807) is 14.0 Å². The Kier molecular flexibility index (Phi) is 5.33. The van der Waals surface area contributed by atoms with Gasteiger partial charge in [-0.15, -0.1) is 5.10 Å². The Morgan fingerprint density at radius 1 is 1.43 bits per heavy atom. The lowest BCUT2D eigenvalue weighted by molar-refractivity contribution is -0.109. The molecule has 7 nitrogen and oxygen atoms in total. The van der Waals surface area contributed by atoms with Gasteiger partial charge in [0.1, 0.15) is 11.3 Å². The fourth-order valence-corrected chi connectivity index (χ4v) is 3.40. The number of carbonyl (C=O) groups is 2. The molecule has 1 aliphatic rings. The maximum absolute atomic E-state index is 12.0. The highest BCUT2D eigenvalue weighted by molar-refractivity contribution is 8.14. The highest BCUT2D eigenvalue weighted by Gasteiger charge is 2.35. The first kappa shape index (κ1) is 17.8. The third kappa shape index (κ3) is 4.95. The van der Waals surface area contributed by atoms with Gasteiger partial charge >= 0.3 is 6.09 Å². The predicted octanol–water partition coefficient (Wildman–Crippen LogP) is 2.63. The third-order valence-electron chi connectivity index (χ3n) is 3.50. The Balaban J connectivity index is 1.92. The molecule has 0 saturated heterocycles. The van der Waals surface area contributed by atoms with E-state index < -0.39 is 5.60 Å². The average molecular weight is 340 g/mol. The van der Waals surface area contributed by atoms with E-state index in [1.165, 1.54) is 16.7 Å². The van der Waals surface area contributed by atoms with Crippen molar-refractivity contribution >= 4 is 23.0 Å². The minimum absolute atomic E-state index is 0.129. The number of rotatable bonds is 4. The molecule has 0 aliphatic heterocycles. The third-order valence-corrected chi connectivity index (χ3v) is 4.68. The SMILES string of the molecule is CC(=O)SC1CCC1n1cc(CN(C)C(=O)OC(C)(C)C)nn1. The Labute approximate surface area is 140 Å². The molecule has 1 saturated carbocycles. The molecular weight excluding hydrogens is 316 g/mol. The van der Waals surface area contributed by atoms with Crippen molar-refractivity contribution in [1.29, 1.82) is 0 Å². The van der Waals surface area contributed by atoms with Crippen molar-refractivity contribution in [3.8, 4) is 0 Å². The first-order chi connectivity index (χ1) is 10.7. The molecule has 8 heteroatoms. The second-order valence-electron chi connectivity index (χ2n) is 6.82. The topological polar surface area (TPSA) is 77.3 Å². The van der Waals surface area contributed by atoms with Crippen LogP contribution in [0.4, 0.5) is 4.79 Å². The summed E-state index contributed by atoms with van der Waals surface area (Å²) in [6.45, 7) is 7.42. The summed E-state index contributed by atoms with van der Waals surface area (Å²) in [6, 6.07) is 0.206. The van der Waals surface area contributed by atoms with Crippen LogP contribution < -0.4 is 0 Å². The molecule has 1 amide bonds. The normalized spacial score (nSPS) is 20.7. The number of hydrogen-bond donors (Lipinski definition) is 0. The molecule has 0 aromatic carbocycles. The fraction of sp³-hybridized carbons (Fsp3) is 0.733. The summed E-state index contributed by atoms with van der Waals surface area (Å²) in [5, 5.41) is 8.67. The van der Waals surface area contributed by atoms with E-state index in [4.69, 9.17) is 4.74 Å². The van der Waals surface area contributed by atoms with E-state index in [9.17, 15) is 9.59 Å². The Bertz CT molecular complexity index is 582. The van der Waals surface area contributed by atoms with Crippen molar-refractivity contribution < 1.29 is 14.3 Å². The monoisotopic (exact) mass is 340 g/mol. The number of nitrogens with zero attached hydrogens (tertiary/aromatic N) is 4. The molecule has 0 N–H and O–H groups in total. The van der Waals surface area contributed by atoms with E-state index in [1.807, 2.05) is 31.6 Å². The van der Waals surface area contributed by atoms with Gasteiger partial charge in [0, 0.05) is 19.2 Å². The van der Waals surface area contributed by atoms with Crippen molar-refractivity contribution in [3.63, 3.8) is 0 Å². The molecule has 0 radical (unpaired) electrons. The standard InChI is InChI=1S/C15H24N4O3S/c1-10(20)23-13-7-6-12(13)19-9-11(16-17-19)8-18(5)14(21)22-15(2,3)4/h9,12-13H,6-8H2,1-5H3. The molecule has 1 aliphatic carbocycles. The summed E-state index contributed by atoms with van der Waals surface area (Å²) < 4.78 is 7.12. The van der Waals surface area contributed by atoms with Crippen molar-refractivity contribution in [1.82, 2.24) is 19.9 Å². The molecule has 1 fully saturated rings. The van der Waals surface area contributed by atoms with Crippen molar-refractivity contribution in [3.05, 3.63) is 11.9 Å². The molecule has 1 aromatic rings. The van der Waals surface area contributed by atoms with Crippen LogP contribution in [-0.2, 0) is 16.1 Å². The zero-order valence-corrected chi connectivity index (χ0v) is 15.1. The second-order valence-corrected chi connectivity index (χ2v) is 8.23. The summed E-state index contributed by atoms with van der Waals surface area (Å²) in [7, 11) is 1.67. The zero-order chi connectivity index (χ0) is 17.2. The van der Waals surface area contributed by atoms with Gasteiger partial charge in [-0.05, 0) is 33.6 Å². The fourth-order valence-electron chi connectivity index (χ4n) is 2.30. The van der Waals surface area contributed by atoms with Crippen molar-refractivity contribution in [2.24, 2.45) is 0 Å². The lowest BCUT2D eigenvalue weighted by Crippen LogP contribution is -2.34. The first-order valence-electron chi connectivity index (χ1n) is 7.68. The number of carbonyl (C=O) groups excluding carboxylic acids is 2. The van der Waals surface area contributed by atoms with E-state index in [2.05, 4.69) is 10.3 Å². The molecule has 128 valence electrons. The van der Waals surface area contributed by atoms with Gasteiger partial charge in [0.25, 0.3) is 0 Å². The maximum atomic E-state index is 12.0. The van der Waals surface area contributed by atoms with Crippen LogP contribution in [0, 0.1) is 0 Å². The van der Waals surface area contributed by atoms with Gasteiger partial charge in [-0.3, -0.25) is 4.79 Å². The Hall–Kier alpha value is -1.57. The molecular formula is C15H24N4O3S. The largest absolute Gasteiger partial charge is 0.444 e. The number of aromatic nitrogens is 3. The molecule has 0 spiro atoms. The number of ether oxygens (including phenoxy) is 1. The first-order valence-corrected chi connectivity index (χ1v) is 8.56. The van der Waals surface area contributed by atoms with Gasteiger partial charge in [-0.2, -0.15) is 0 Å². The molecule has 1 heterocycles. The summed E-state index contributed by atoms with van der Waals surface area (Å²) >= 11 is 1.37. The summed E-state index contributed by atoms with van der Waals surface area (Å²) in [6.07, 6.45) is 3.47. The zero-order valence-electron chi connectivity index (χ0n) is 14.3. The highest BCUT2D eigenvalue weighted by atomic mass is 32.2. The molecule has 0 bridgehead atoms. The van der Waals surface area contributed by atoms with Gasteiger partial charge in [-0.25, -0.2) is 9.48 Å². The van der Waals surface area contributed by atoms with E-state index in [-0.39, 0.29) is 22.5 Å². The van der Waals surface area contributed by atoms with Gasteiger partial charge in [0.2, 0.25) is 0 Å². The van der Waals surface area contributed by atoms with Crippen LogP contribution in [0.3, 0.4) is 0 Å². The second kappa shape index (κ2) is 6.90. The van der Waals surface area contributed by atoms with Gasteiger partial charge < -0.3 is 9.64 Å². The van der Waals surface area contributed by atoms with E-state index in [0.717, 1.165) is 12.8 Å². The Morgan fingerprint density at radius 3 is 2.65 bits per heavy atom. The summed E-state index contributed by atoms with van der Waals surface area (Å²) in [4.78, 5) is 24.6. The van der Waals surface area contributed by atoms with Crippen LogP contribution in [0.1, 0.15) is 52.3 Å². The molecule has 2 rings (SSSR count). The van der Waals surface area contributed by atoms with Crippen LogP contribution in [0.25, 0.3) is 0 Å². The average Bonchev–Trinajstić information content (AvgIpc) is 2.80. The van der Waals surface area contributed by atoms with Crippen LogP contribution in [0.5, 0.6) is 0 Å². The minimum atomic E-state index is -0.522. The molecule has 2 atom stereocenters. The van der Waals surface area contributed by atoms with Crippen LogP contribution in [-0.4, -0.2) is 49.0 Å². The number of hydrogen-bond acceptors (Lipinski definition) is 6. The quantitative estimate of drug-likeness (QED) is 0.838. The smallest absolute Gasteiger partial charge is 0.410 e. The van der Waals surface area contributed by atoms with Crippen LogP contribution >= 0.6 is 11.8 Å². The molecule has 23 heavy (non-hydrogen) atoms. The summed E-state index contributed by atoms with van der Waals surface area (Å²) in [5.74, 6) is 0. The predicted molar refractivity (Wildman–Crippen MR) is 88.1 cm³/mol. The number of amides is 1. The lowest BCUT2D eigenvalue weighted by Gasteiger charge is -2.34. The Morgan fingerprint density at radius 2 is 2.13 bits per heavy atom. The van der Waals surface area contributed by atoms with Gasteiger partial charge in [0.05, 0.1) is 18.8 Å². The van der Waals surface area contributed by atoms with Crippen molar-refractivity contribution in [2.45, 2.75) is 64.0 Å². The minimum Gasteiger partial charge on any atom is -0.444 e. The molecule has 2 unspecified atom stereocenters. The highest BCUT2D eigenvalue weighted by Crippen LogP contribution is 2.40. The molecule has 1 aromatic heterocycles. The van der Waals surface area contributed by atoms with Gasteiger partial charge in [-0.1, -0.05) is 17.0 Å². The van der Waals surface area contributed by atoms with Crippen molar-refractivity contribution in [2.75, 3.05) is 7.05 Å². The van der Waals surface area contributed by atoms with Gasteiger partial charge in [0.15, 0.2) is 5.12 Å². The summed E-state index contributed by atoms with van der Waals surface area (Å²) in [5.41, 5.74) is 0.184. The van der Waals surface area contributed by atoms with Crippen LogP contribution in [0.2, 0.25) is 0 Å². The lowest BCUT2D eigenvalue weighted by atomic mass is 9.92. The maximum Gasteiger partial charge on any atom is 0.410 e. The van der Waals surface area contributed by atoms with E-state index >= 15 is 0 Å². The number of thioether (sulfide) groups is 1. The van der Waals surface area contributed by atoms with E-state index in [0.29, 0.717) is 12.2 Å².